The smallest absolute Gasteiger partial charge is 0.227 e. The normalized spacial score (nSPS) is 18.7. The molecule has 1 amide bonds. The summed E-state index contributed by atoms with van der Waals surface area (Å²) in [5.74, 6) is 1.53. The average Bonchev–Trinajstić information content (AvgIpc) is 3.08. The van der Waals surface area contributed by atoms with E-state index in [1.165, 1.54) is 5.56 Å². The zero-order valence-electron chi connectivity index (χ0n) is 20.0. The van der Waals surface area contributed by atoms with Gasteiger partial charge in [-0.2, -0.15) is 0 Å². The third-order valence-corrected chi connectivity index (χ3v) is 6.36. The maximum absolute atomic E-state index is 13.7. The predicted molar refractivity (Wildman–Crippen MR) is 132 cm³/mol. The minimum Gasteiger partial charge on any atom is -0.489 e. The summed E-state index contributed by atoms with van der Waals surface area (Å²) in [6, 6.07) is 14.4. The van der Waals surface area contributed by atoms with Crippen LogP contribution in [0.25, 0.3) is 0 Å². The Kier molecular flexibility index (Phi) is 7.50. The van der Waals surface area contributed by atoms with Crippen molar-refractivity contribution in [1.82, 2.24) is 9.80 Å². The van der Waals surface area contributed by atoms with Gasteiger partial charge in [-0.3, -0.25) is 9.69 Å². The summed E-state index contributed by atoms with van der Waals surface area (Å²) in [5, 5.41) is 0.544. The first-order chi connectivity index (χ1) is 15.8. The number of carbonyl (C=O) groups excluding carboxylic acids is 1. The molecule has 2 heterocycles. The summed E-state index contributed by atoms with van der Waals surface area (Å²) in [7, 11) is 0. The van der Waals surface area contributed by atoms with Crippen molar-refractivity contribution in [2.24, 2.45) is 11.3 Å². The van der Waals surface area contributed by atoms with Gasteiger partial charge in [-0.15, -0.1) is 0 Å². The van der Waals surface area contributed by atoms with Crippen LogP contribution >= 0.6 is 11.6 Å². The summed E-state index contributed by atoms with van der Waals surface area (Å²) in [6.45, 7) is 11.6. The highest BCUT2D eigenvalue weighted by Crippen LogP contribution is 2.38. The first-order valence-corrected chi connectivity index (χ1v) is 12.3. The van der Waals surface area contributed by atoms with Crippen LogP contribution in [0.3, 0.4) is 0 Å². The monoisotopic (exact) mass is 470 g/mol. The van der Waals surface area contributed by atoms with Gasteiger partial charge in [0.2, 0.25) is 5.91 Å². The van der Waals surface area contributed by atoms with Crippen LogP contribution in [0, 0.1) is 11.3 Å². The molecule has 5 nitrogen and oxygen atoms in total. The van der Waals surface area contributed by atoms with Gasteiger partial charge < -0.3 is 14.4 Å². The number of hydrogen-bond acceptors (Lipinski definition) is 4. The zero-order valence-corrected chi connectivity index (χ0v) is 20.7. The molecule has 0 saturated carbocycles. The lowest BCUT2D eigenvalue weighted by atomic mass is 9.94. The fourth-order valence-electron chi connectivity index (χ4n) is 4.66. The van der Waals surface area contributed by atoms with Crippen molar-refractivity contribution >= 4 is 17.5 Å². The lowest BCUT2D eigenvalue weighted by molar-refractivity contribution is -0.137. The second kappa shape index (κ2) is 10.4. The molecule has 0 aliphatic carbocycles. The average molecular weight is 471 g/mol. The molecule has 2 aromatic rings. The Morgan fingerprint density at radius 2 is 1.88 bits per heavy atom. The Bertz CT molecular complexity index is 958. The SMILES string of the molecule is CC(C)(C)CN(Cc1cc(Cl)c2c(c1)OCCCO2)C(=O)C1CCN(Cc2ccccc2)C1. The predicted octanol–water partition coefficient (Wildman–Crippen LogP) is 5.40. The summed E-state index contributed by atoms with van der Waals surface area (Å²) in [6.07, 6.45) is 1.73. The van der Waals surface area contributed by atoms with E-state index in [4.69, 9.17) is 21.1 Å². The van der Waals surface area contributed by atoms with E-state index in [-0.39, 0.29) is 17.2 Å². The molecule has 0 spiro atoms. The number of rotatable bonds is 6. The number of halogens is 1. The Morgan fingerprint density at radius 1 is 1.12 bits per heavy atom. The number of carbonyl (C=O) groups is 1. The molecular formula is C27H35ClN2O3. The molecule has 0 aromatic heterocycles. The van der Waals surface area contributed by atoms with E-state index < -0.39 is 0 Å². The topological polar surface area (TPSA) is 42.0 Å². The minimum absolute atomic E-state index is 0.00686. The number of ether oxygens (including phenoxy) is 2. The van der Waals surface area contributed by atoms with Crippen LogP contribution in [-0.2, 0) is 17.9 Å². The largest absolute Gasteiger partial charge is 0.489 e. The van der Waals surface area contributed by atoms with Crippen molar-refractivity contribution in [3.8, 4) is 11.5 Å². The molecular weight excluding hydrogens is 436 g/mol. The fourth-order valence-corrected chi connectivity index (χ4v) is 4.95. The first-order valence-electron chi connectivity index (χ1n) is 11.9. The molecule has 2 aliphatic heterocycles. The molecule has 2 aliphatic rings. The highest BCUT2D eigenvalue weighted by atomic mass is 35.5. The van der Waals surface area contributed by atoms with E-state index in [0.717, 1.165) is 38.0 Å². The van der Waals surface area contributed by atoms with E-state index in [1.54, 1.807) is 0 Å². The molecule has 1 fully saturated rings. The summed E-state index contributed by atoms with van der Waals surface area (Å²) < 4.78 is 11.6. The molecule has 0 bridgehead atoms. The van der Waals surface area contributed by atoms with Crippen molar-refractivity contribution in [3.05, 3.63) is 58.6 Å². The molecule has 178 valence electrons. The zero-order chi connectivity index (χ0) is 23.4. The molecule has 0 N–H and O–H groups in total. The van der Waals surface area contributed by atoms with Crippen molar-refractivity contribution in [2.45, 2.75) is 46.7 Å². The minimum atomic E-state index is -0.00686. The number of hydrogen-bond donors (Lipinski definition) is 0. The third-order valence-electron chi connectivity index (χ3n) is 6.08. The van der Waals surface area contributed by atoms with Gasteiger partial charge in [0.25, 0.3) is 0 Å². The Labute approximate surface area is 202 Å². The van der Waals surface area contributed by atoms with E-state index in [2.05, 4.69) is 49.9 Å². The number of benzene rings is 2. The third kappa shape index (κ3) is 6.42. The number of amides is 1. The number of fused-ring (bicyclic) bond motifs is 1. The molecule has 33 heavy (non-hydrogen) atoms. The molecule has 1 unspecified atom stereocenters. The second-order valence-corrected chi connectivity index (χ2v) is 10.8. The quantitative estimate of drug-likeness (QED) is 0.567. The number of nitrogens with zero attached hydrogens (tertiary/aromatic N) is 2. The van der Waals surface area contributed by atoms with E-state index in [0.29, 0.717) is 42.8 Å². The summed E-state index contributed by atoms with van der Waals surface area (Å²) in [4.78, 5) is 18.1. The van der Waals surface area contributed by atoms with Gasteiger partial charge in [-0.1, -0.05) is 62.7 Å². The summed E-state index contributed by atoms with van der Waals surface area (Å²) in [5.41, 5.74) is 2.26. The van der Waals surface area contributed by atoms with Crippen LogP contribution in [0.2, 0.25) is 5.02 Å². The van der Waals surface area contributed by atoms with Crippen molar-refractivity contribution in [1.29, 1.82) is 0 Å². The first kappa shape index (κ1) is 23.9. The van der Waals surface area contributed by atoms with Gasteiger partial charge in [0.05, 0.1) is 24.2 Å². The van der Waals surface area contributed by atoms with E-state index in [9.17, 15) is 4.79 Å². The van der Waals surface area contributed by atoms with Crippen molar-refractivity contribution in [3.63, 3.8) is 0 Å². The lowest BCUT2D eigenvalue weighted by Gasteiger charge is -2.32. The van der Waals surface area contributed by atoms with Gasteiger partial charge in [0.1, 0.15) is 0 Å². The molecule has 0 radical (unpaired) electrons. The van der Waals surface area contributed by atoms with E-state index in [1.807, 2.05) is 23.1 Å². The molecule has 4 rings (SSSR count). The van der Waals surface area contributed by atoms with Crippen molar-refractivity contribution < 1.29 is 14.3 Å². The standard InChI is InChI=1S/C27H35ClN2O3/c1-27(2,3)19-30(17-21-14-23(28)25-24(15-21)32-12-7-13-33-25)26(31)22-10-11-29(18-22)16-20-8-5-4-6-9-20/h4-6,8-9,14-15,22H,7,10-13,16-19H2,1-3H3. The molecule has 6 heteroatoms. The van der Waals surface area contributed by atoms with Gasteiger partial charge in [0, 0.05) is 32.6 Å². The molecule has 1 saturated heterocycles. The van der Waals surface area contributed by atoms with Gasteiger partial charge in [0.15, 0.2) is 11.5 Å². The van der Waals surface area contributed by atoms with Crippen LogP contribution in [0.1, 0.15) is 44.7 Å². The highest BCUT2D eigenvalue weighted by molar-refractivity contribution is 6.32. The number of likely N-dealkylation sites (tertiary alicyclic amines) is 1. The van der Waals surface area contributed by atoms with Crippen LogP contribution in [0.4, 0.5) is 0 Å². The summed E-state index contributed by atoms with van der Waals surface area (Å²) >= 11 is 6.52. The second-order valence-electron chi connectivity index (χ2n) is 10.4. The fraction of sp³-hybridized carbons (Fsp3) is 0.519. The Hall–Kier alpha value is -2.24. The molecule has 2 aromatic carbocycles. The van der Waals surface area contributed by atoms with Crippen LogP contribution in [-0.4, -0.2) is 48.6 Å². The van der Waals surface area contributed by atoms with Gasteiger partial charge in [-0.05, 0) is 41.6 Å². The Morgan fingerprint density at radius 3 is 2.64 bits per heavy atom. The molecule has 1 atom stereocenters. The van der Waals surface area contributed by atoms with Crippen molar-refractivity contribution in [2.75, 3.05) is 32.8 Å². The van der Waals surface area contributed by atoms with E-state index >= 15 is 0 Å². The maximum Gasteiger partial charge on any atom is 0.227 e. The van der Waals surface area contributed by atoms with Crippen LogP contribution in [0.5, 0.6) is 11.5 Å². The van der Waals surface area contributed by atoms with Gasteiger partial charge >= 0.3 is 0 Å². The maximum atomic E-state index is 13.7. The van der Waals surface area contributed by atoms with Crippen LogP contribution in [0.15, 0.2) is 42.5 Å². The highest BCUT2D eigenvalue weighted by Gasteiger charge is 2.33. The lowest BCUT2D eigenvalue weighted by Crippen LogP contribution is -2.41. The van der Waals surface area contributed by atoms with Gasteiger partial charge in [-0.25, -0.2) is 0 Å². The van der Waals surface area contributed by atoms with Crippen LogP contribution < -0.4 is 9.47 Å². The Balaban J connectivity index is 1.48.